The Morgan fingerprint density at radius 1 is 1.20 bits per heavy atom. The summed E-state index contributed by atoms with van der Waals surface area (Å²) in [6.07, 6.45) is 3.75. The van der Waals surface area contributed by atoms with Crippen LogP contribution in [0.3, 0.4) is 0 Å². The lowest BCUT2D eigenvalue weighted by Crippen LogP contribution is -2.34. The van der Waals surface area contributed by atoms with E-state index < -0.39 is 17.5 Å². The molecule has 0 aliphatic heterocycles. The number of aromatic hydroxyl groups is 1. The molecule has 0 heterocycles. The maximum Gasteiger partial charge on any atom is 0.236 e. The fourth-order valence-corrected chi connectivity index (χ4v) is 2.60. The highest BCUT2D eigenvalue weighted by Gasteiger charge is 2.26. The number of amides is 1. The smallest absolute Gasteiger partial charge is 0.236 e. The van der Waals surface area contributed by atoms with Crippen molar-refractivity contribution in [3.8, 4) is 5.75 Å². The van der Waals surface area contributed by atoms with Gasteiger partial charge in [0.1, 0.15) is 0 Å². The summed E-state index contributed by atoms with van der Waals surface area (Å²) in [6, 6.07) is 12.6. The number of rotatable bonds is 8. The van der Waals surface area contributed by atoms with Crippen molar-refractivity contribution in [2.45, 2.75) is 19.3 Å². The van der Waals surface area contributed by atoms with Gasteiger partial charge in [-0.05, 0) is 43.5 Å². The predicted octanol–water partition coefficient (Wildman–Crippen LogP) is 4.16. The molecule has 132 valence electrons. The molecule has 2 rings (SSSR count). The Balaban J connectivity index is 2.38. The molecule has 2 aromatic carbocycles. The van der Waals surface area contributed by atoms with Gasteiger partial charge in [-0.2, -0.15) is 0 Å². The maximum absolute atomic E-state index is 13.8. The van der Waals surface area contributed by atoms with Crippen LogP contribution in [0.4, 0.5) is 15.8 Å². The molecule has 0 saturated carbocycles. The van der Waals surface area contributed by atoms with Crippen LogP contribution in [-0.2, 0) is 4.79 Å². The highest BCUT2D eigenvalue weighted by atomic mass is 19.1. The molecule has 25 heavy (non-hydrogen) atoms. The van der Waals surface area contributed by atoms with Gasteiger partial charge in [0, 0.05) is 11.8 Å². The van der Waals surface area contributed by atoms with E-state index in [1.165, 1.54) is 17.0 Å². The molecule has 0 saturated heterocycles. The highest BCUT2D eigenvalue weighted by molar-refractivity contribution is 6.01. The molecule has 0 radical (unpaired) electrons. The average Bonchev–Trinajstić information content (AvgIpc) is 2.63. The van der Waals surface area contributed by atoms with Gasteiger partial charge in [-0.3, -0.25) is 9.69 Å². The Kier molecular flexibility index (Phi) is 6.71. The number of phenolic OH excluding ortho intramolecular Hbond substituents is 1. The summed E-state index contributed by atoms with van der Waals surface area (Å²) in [4.78, 5) is 14.4. The second-order valence-corrected chi connectivity index (χ2v) is 5.74. The third kappa shape index (κ3) is 4.67. The monoisotopic (exact) mass is 343 g/mol. The van der Waals surface area contributed by atoms with Crippen molar-refractivity contribution in [3.05, 3.63) is 67.0 Å². The van der Waals surface area contributed by atoms with Crippen LogP contribution < -0.4 is 4.90 Å². The van der Waals surface area contributed by atoms with Crippen LogP contribution in [0.15, 0.2) is 61.2 Å². The lowest BCUT2D eigenvalue weighted by Gasteiger charge is -2.27. The number of hydrogen-bond acceptors (Lipinski definition) is 3. The van der Waals surface area contributed by atoms with Gasteiger partial charge in [-0.1, -0.05) is 24.3 Å². The van der Waals surface area contributed by atoms with Crippen LogP contribution in [0.1, 0.15) is 19.3 Å². The molecular weight excluding hydrogens is 321 g/mol. The maximum atomic E-state index is 13.8. The first-order valence-electron chi connectivity index (χ1n) is 8.17. The van der Waals surface area contributed by atoms with E-state index in [-0.39, 0.29) is 12.5 Å². The predicted molar refractivity (Wildman–Crippen MR) is 96.3 cm³/mol. The van der Waals surface area contributed by atoms with Gasteiger partial charge in [0.2, 0.25) is 5.91 Å². The lowest BCUT2D eigenvalue weighted by molar-refractivity contribution is -0.123. The van der Waals surface area contributed by atoms with Crippen molar-refractivity contribution in [1.29, 1.82) is 0 Å². The zero-order valence-corrected chi connectivity index (χ0v) is 13.9. The molecule has 1 amide bonds. The molecule has 5 heteroatoms. The zero-order valence-electron chi connectivity index (χ0n) is 13.9. The number of anilines is 2. The summed E-state index contributed by atoms with van der Waals surface area (Å²) < 4.78 is 13.8. The summed E-state index contributed by atoms with van der Waals surface area (Å²) in [7, 11) is 0. The van der Waals surface area contributed by atoms with Gasteiger partial charge < -0.3 is 10.2 Å². The minimum absolute atomic E-state index is 0.292. The van der Waals surface area contributed by atoms with Gasteiger partial charge >= 0.3 is 0 Å². The molecule has 1 atom stereocenters. The van der Waals surface area contributed by atoms with E-state index in [0.29, 0.717) is 17.8 Å². The first-order chi connectivity index (χ1) is 12.1. The highest BCUT2D eigenvalue weighted by Crippen LogP contribution is 2.31. The van der Waals surface area contributed by atoms with Crippen molar-refractivity contribution in [1.82, 2.24) is 0 Å². The number of nitrogens with zero attached hydrogens (tertiary/aromatic N) is 1. The Morgan fingerprint density at radius 2 is 1.92 bits per heavy atom. The quantitative estimate of drug-likeness (QED) is 0.559. The van der Waals surface area contributed by atoms with Crippen molar-refractivity contribution in [2.75, 3.05) is 11.5 Å². The molecule has 4 nitrogen and oxygen atoms in total. The minimum atomic E-state index is -0.807. The molecule has 2 N–H and O–H groups in total. The summed E-state index contributed by atoms with van der Waals surface area (Å²) in [5.74, 6) is -2.20. The normalized spacial score (nSPS) is 11.8. The number of phenols is 1. The minimum Gasteiger partial charge on any atom is -0.505 e. The second kappa shape index (κ2) is 8.99. The standard InChI is InChI=1S/C20H22FNO3/c1-2-3-5-8-15(14-23)20(25)22(16-9-6-4-7-10-16)17-11-12-19(24)18(21)13-17/h2,4,6-7,9-13,15,23-24H,1,3,5,8,14H2. The Hall–Kier alpha value is -2.66. The van der Waals surface area contributed by atoms with E-state index in [9.17, 15) is 19.4 Å². The molecule has 0 spiro atoms. The fraction of sp³-hybridized carbons (Fsp3) is 0.250. The molecule has 0 aromatic heterocycles. The number of carbonyl (C=O) groups is 1. The van der Waals surface area contributed by atoms with E-state index >= 15 is 0 Å². The Morgan fingerprint density at radius 3 is 2.52 bits per heavy atom. The number of allylic oxidation sites excluding steroid dienone is 1. The second-order valence-electron chi connectivity index (χ2n) is 5.74. The van der Waals surface area contributed by atoms with Crippen LogP contribution in [0.25, 0.3) is 0 Å². The Labute approximate surface area is 146 Å². The molecule has 2 aromatic rings. The number of para-hydroxylation sites is 1. The van der Waals surface area contributed by atoms with E-state index in [2.05, 4.69) is 6.58 Å². The fourth-order valence-electron chi connectivity index (χ4n) is 2.60. The number of hydrogen-bond donors (Lipinski definition) is 2. The molecule has 0 fully saturated rings. The van der Waals surface area contributed by atoms with Crippen LogP contribution in [-0.4, -0.2) is 22.7 Å². The molecule has 0 bridgehead atoms. The molecular formula is C20H22FNO3. The Bertz CT molecular complexity index is 718. The van der Waals surface area contributed by atoms with Crippen molar-refractivity contribution >= 4 is 17.3 Å². The summed E-state index contributed by atoms with van der Waals surface area (Å²) in [6.45, 7) is 3.36. The van der Waals surface area contributed by atoms with Crippen LogP contribution in [0, 0.1) is 11.7 Å². The van der Waals surface area contributed by atoms with E-state index in [1.54, 1.807) is 30.3 Å². The van der Waals surface area contributed by atoms with E-state index in [0.717, 1.165) is 18.9 Å². The summed E-state index contributed by atoms with van der Waals surface area (Å²) in [5, 5.41) is 19.1. The summed E-state index contributed by atoms with van der Waals surface area (Å²) >= 11 is 0. The topological polar surface area (TPSA) is 60.8 Å². The van der Waals surface area contributed by atoms with Gasteiger partial charge in [-0.15, -0.1) is 6.58 Å². The van der Waals surface area contributed by atoms with Gasteiger partial charge in [0.25, 0.3) is 0 Å². The van der Waals surface area contributed by atoms with E-state index in [4.69, 9.17) is 0 Å². The zero-order chi connectivity index (χ0) is 18.2. The number of halogens is 1. The van der Waals surface area contributed by atoms with Crippen molar-refractivity contribution in [2.24, 2.45) is 5.92 Å². The summed E-state index contributed by atoms with van der Waals surface area (Å²) in [5.41, 5.74) is 0.869. The SMILES string of the molecule is C=CCCCC(CO)C(=O)N(c1ccccc1)c1ccc(O)c(F)c1. The number of carbonyl (C=O) groups excluding carboxylic acids is 1. The van der Waals surface area contributed by atoms with Crippen molar-refractivity contribution in [3.63, 3.8) is 0 Å². The number of aliphatic hydroxyl groups is 1. The number of aliphatic hydroxyl groups excluding tert-OH is 1. The third-order valence-corrected chi connectivity index (χ3v) is 3.95. The molecule has 0 aliphatic carbocycles. The third-order valence-electron chi connectivity index (χ3n) is 3.95. The number of unbranched alkanes of at least 4 members (excludes halogenated alkanes) is 1. The first kappa shape index (κ1) is 18.7. The van der Waals surface area contributed by atoms with Gasteiger partial charge in [-0.25, -0.2) is 4.39 Å². The number of benzene rings is 2. The average molecular weight is 343 g/mol. The molecule has 1 unspecified atom stereocenters. The lowest BCUT2D eigenvalue weighted by atomic mass is 10.00. The van der Waals surface area contributed by atoms with Gasteiger partial charge in [0.05, 0.1) is 18.2 Å². The largest absolute Gasteiger partial charge is 0.505 e. The molecule has 0 aliphatic rings. The van der Waals surface area contributed by atoms with Gasteiger partial charge in [0.15, 0.2) is 11.6 Å². The van der Waals surface area contributed by atoms with Crippen LogP contribution in [0.2, 0.25) is 0 Å². The van der Waals surface area contributed by atoms with Crippen LogP contribution in [0.5, 0.6) is 5.75 Å². The van der Waals surface area contributed by atoms with Crippen LogP contribution >= 0.6 is 0 Å². The van der Waals surface area contributed by atoms with E-state index in [1.807, 2.05) is 6.07 Å². The first-order valence-corrected chi connectivity index (χ1v) is 8.17. The van der Waals surface area contributed by atoms with Crippen molar-refractivity contribution < 1.29 is 19.4 Å².